The number of amides is 2. The van der Waals surface area contributed by atoms with Gasteiger partial charge in [0.25, 0.3) is 0 Å². The maximum atomic E-state index is 13.8. The van der Waals surface area contributed by atoms with Gasteiger partial charge in [0.2, 0.25) is 0 Å². The number of benzene rings is 1. The molecule has 0 radical (unpaired) electrons. The number of ketones is 1. The number of urea groups is 1. The first kappa shape index (κ1) is 25.3. The molecule has 3 aliphatic rings. The van der Waals surface area contributed by atoms with Crippen molar-refractivity contribution in [1.29, 1.82) is 0 Å². The number of nitrogens with zero attached hydrogens (tertiary/aromatic N) is 4. The zero-order valence-electron chi connectivity index (χ0n) is 22.6. The predicted octanol–water partition coefficient (Wildman–Crippen LogP) is 4.28. The monoisotopic (exact) mass is 508 g/mol. The molecule has 0 bridgehead atoms. The molecule has 2 amide bonds. The second-order valence-corrected chi connectivity index (χ2v) is 10.3. The van der Waals surface area contributed by atoms with Crippen molar-refractivity contribution in [1.82, 2.24) is 19.9 Å². The number of likely N-dealkylation sites (N-methyl/N-ethyl adjacent to an activating group) is 1. The molecule has 1 unspecified atom stereocenters. The molecule has 198 valence electrons. The molecule has 1 atom stereocenters. The molecular weight excluding hydrogens is 472 g/mol. The average molecular weight is 509 g/mol. The van der Waals surface area contributed by atoms with Crippen molar-refractivity contribution in [3.8, 4) is 11.5 Å². The standard InChI is InChI=1S/C28H36N4O5/c1-7-32-27(34)31-15-20-13-21(35-5)14-23(36-6)25(20)17(2)12-24(31)28(32)8-10-30(11-9-28)16-22(33)26-18(3)29-37-19(26)4/h12-14,17H,7-11,15-16H2,1-6H3. The molecule has 1 aromatic heterocycles. The highest BCUT2D eigenvalue weighted by atomic mass is 16.5. The number of fused-ring (bicyclic) bond motifs is 3. The molecular formula is C28H36N4O5. The van der Waals surface area contributed by atoms with Crippen LogP contribution in [0.5, 0.6) is 11.5 Å². The Labute approximate surface area is 218 Å². The number of likely N-dealkylation sites (tertiary alicyclic amines) is 1. The normalized spacial score (nSPS) is 21.0. The number of hydrogen-bond acceptors (Lipinski definition) is 7. The van der Waals surface area contributed by atoms with Crippen LogP contribution in [0.4, 0.5) is 4.79 Å². The van der Waals surface area contributed by atoms with Crippen molar-refractivity contribution >= 4 is 11.8 Å². The summed E-state index contributed by atoms with van der Waals surface area (Å²) in [6.45, 7) is 10.7. The lowest BCUT2D eigenvalue weighted by Crippen LogP contribution is -2.54. The summed E-state index contributed by atoms with van der Waals surface area (Å²) < 4.78 is 16.5. The minimum Gasteiger partial charge on any atom is -0.497 e. The lowest BCUT2D eigenvalue weighted by Gasteiger charge is -2.44. The summed E-state index contributed by atoms with van der Waals surface area (Å²) in [5.41, 5.74) is 4.04. The average Bonchev–Trinajstić information content (AvgIpc) is 3.26. The van der Waals surface area contributed by atoms with Gasteiger partial charge in [-0.1, -0.05) is 18.2 Å². The molecule has 3 aliphatic heterocycles. The van der Waals surface area contributed by atoms with Gasteiger partial charge in [-0.05, 0) is 45.2 Å². The number of aromatic nitrogens is 1. The van der Waals surface area contributed by atoms with E-state index in [-0.39, 0.29) is 23.3 Å². The summed E-state index contributed by atoms with van der Waals surface area (Å²) in [5, 5.41) is 3.93. The van der Waals surface area contributed by atoms with Gasteiger partial charge in [-0.15, -0.1) is 0 Å². The number of carbonyl (C=O) groups is 2. The van der Waals surface area contributed by atoms with Crippen molar-refractivity contribution in [2.75, 3.05) is 40.4 Å². The van der Waals surface area contributed by atoms with Crippen LogP contribution in [0, 0.1) is 13.8 Å². The zero-order chi connectivity index (χ0) is 26.5. The van der Waals surface area contributed by atoms with Crippen LogP contribution in [0.15, 0.2) is 28.4 Å². The SMILES string of the molecule is CCN1C(=O)N2Cc3cc(OC)cc(OC)c3C(C)C=C2C12CCN(CC(=O)c1c(C)noc1C)CC2. The van der Waals surface area contributed by atoms with E-state index >= 15 is 0 Å². The molecule has 9 nitrogen and oxygen atoms in total. The Morgan fingerprint density at radius 2 is 1.92 bits per heavy atom. The molecule has 4 heterocycles. The highest BCUT2D eigenvalue weighted by molar-refractivity contribution is 5.99. The molecule has 5 rings (SSSR count). The topological polar surface area (TPSA) is 88.4 Å². The second-order valence-electron chi connectivity index (χ2n) is 10.3. The van der Waals surface area contributed by atoms with Crippen molar-refractivity contribution in [2.45, 2.75) is 58.5 Å². The van der Waals surface area contributed by atoms with E-state index in [4.69, 9.17) is 14.0 Å². The van der Waals surface area contributed by atoms with Gasteiger partial charge in [0, 0.05) is 42.9 Å². The van der Waals surface area contributed by atoms with Gasteiger partial charge in [0.15, 0.2) is 5.78 Å². The first-order chi connectivity index (χ1) is 17.7. The van der Waals surface area contributed by atoms with Crippen LogP contribution in [0.1, 0.15) is 65.5 Å². The van der Waals surface area contributed by atoms with Gasteiger partial charge in [0.1, 0.15) is 17.3 Å². The fourth-order valence-electron chi connectivity index (χ4n) is 6.51. The number of rotatable bonds is 6. The fraction of sp³-hybridized carbons (Fsp3) is 0.536. The predicted molar refractivity (Wildman–Crippen MR) is 138 cm³/mol. The van der Waals surface area contributed by atoms with Crippen molar-refractivity contribution < 1.29 is 23.6 Å². The molecule has 0 saturated carbocycles. The summed E-state index contributed by atoms with van der Waals surface area (Å²) in [6, 6.07) is 3.97. The Morgan fingerprint density at radius 3 is 2.51 bits per heavy atom. The molecule has 9 heteroatoms. The summed E-state index contributed by atoms with van der Waals surface area (Å²) in [6.07, 6.45) is 3.79. The van der Waals surface area contributed by atoms with Crippen LogP contribution in [-0.4, -0.2) is 77.6 Å². The van der Waals surface area contributed by atoms with Crippen LogP contribution in [-0.2, 0) is 6.54 Å². The van der Waals surface area contributed by atoms with Gasteiger partial charge in [0.05, 0.1) is 44.1 Å². The van der Waals surface area contributed by atoms with Crippen molar-refractivity contribution in [2.24, 2.45) is 0 Å². The molecule has 2 fully saturated rings. The van der Waals surface area contributed by atoms with Crippen LogP contribution in [0.25, 0.3) is 0 Å². The number of aryl methyl sites for hydroxylation is 2. The third kappa shape index (κ3) is 4.00. The Hall–Kier alpha value is -3.33. The minimum absolute atomic E-state index is 0.0301. The third-order valence-electron chi connectivity index (χ3n) is 8.27. The minimum atomic E-state index is -0.387. The quantitative estimate of drug-likeness (QED) is 0.538. The Balaban J connectivity index is 1.43. The van der Waals surface area contributed by atoms with Gasteiger partial charge < -0.3 is 18.9 Å². The number of Topliss-reactive ketones (excluding diaryl/α,β-unsaturated/α-hetero) is 1. The van der Waals surface area contributed by atoms with E-state index in [9.17, 15) is 9.59 Å². The van der Waals surface area contributed by atoms with Crippen LogP contribution >= 0.6 is 0 Å². The number of piperidine rings is 1. The Bertz CT molecular complexity index is 1240. The molecule has 0 aliphatic carbocycles. The summed E-state index contributed by atoms with van der Waals surface area (Å²) in [4.78, 5) is 32.9. The van der Waals surface area contributed by atoms with E-state index in [0.717, 1.165) is 54.3 Å². The number of methoxy groups -OCH3 is 2. The number of carbonyl (C=O) groups excluding carboxylic acids is 2. The number of allylic oxidation sites excluding steroid dienone is 1. The maximum absolute atomic E-state index is 13.8. The van der Waals surface area contributed by atoms with Crippen LogP contribution in [0.2, 0.25) is 0 Å². The lowest BCUT2D eigenvalue weighted by molar-refractivity contribution is 0.0758. The second kappa shape index (κ2) is 9.52. The summed E-state index contributed by atoms with van der Waals surface area (Å²) >= 11 is 0. The Morgan fingerprint density at radius 1 is 1.19 bits per heavy atom. The van der Waals surface area contributed by atoms with Gasteiger partial charge in [-0.3, -0.25) is 14.6 Å². The fourth-order valence-corrected chi connectivity index (χ4v) is 6.51. The van der Waals surface area contributed by atoms with E-state index in [1.54, 1.807) is 28.1 Å². The van der Waals surface area contributed by atoms with E-state index in [1.807, 2.05) is 28.9 Å². The highest BCUT2D eigenvalue weighted by Gasteiger charge is 2.55. The largest absolute Gasteiger partial charge is 0.497 e. The molecule has 1 spiro atoms. The smallest absolute Gasteiger partial charge is 0.325 e. The van der Waals surface area contributed by atoms with E-state index in [2.05, 4.69) is 23.1 Å². The molecule has 1 aromatic carbocycles. The van der Waals surface area contributed by atoms with Gasteiger partial charge >= 0.3 is 6.03 Å². The third-order valence-corrected chi connectivity index (χ3v) is 8.27. The summed E-state index contributed by atoms with van der Waals surface area (Å²) in [7, 11) is 3.32. The molecule has 2 aromatic rings. The number of ether oxygens (including phenoxy) is 2. The first-order valence-electron chi connectivity index (χ1n) is 13.0. The first-order valence-corrected chi connectivity index (χ1v) is 13.0. The van der Waals surface area contributed by atoms with Crippen LogP contribution < -0.4 is 9.47 Å². The van der Waals surface area contributed by atoms with E-state index < -0.39 is 0 Å². The van der Waals surface area contributed by atoms with Crippen molar-refractivity contribution in [3.05, 3.63) is 52.1 Å². The number of hydrogen-bond donors (Lipinski definition) is 0. The Kier molecular flexibility index (Phi) is 6.52. The molecule has 37 heavy (non-hydrogen) atoms. The van der Waals surface area contributed by atoms with Gasteiger partial charge in [-0.25, -0.2) is 4.79 Å². The maximum Gasteiger partial charge on any atom is 0.325 e. The van der Waals surface area contributed by atoms with Gasteiger partial charge in [-0.2, -0.15) is 0 Å². The van der Waals surface area contributed by atoms with E-state index in [0.29, 0.717) is 36.7 Å². The highest BCUT2D eigenvalue weighted by Crippen LogP contribution is 2.49. The molecule has 2 saturated heterocycles. The van der Waals surface area contributed by atoms with Crippen molar-refractivity contribution in [3.63, 3.8) is 0 Å². The van der Waals surface area contributed by atoms with E-state index in [1.165, 1.54) is 0 Å². The lowest BCUT2D eigenvalue weighted by atomic mass is 9.82. The summed E-state index contributed by atoms with van der Waals surface area (Å²) in [5.74, 6) is 2.16. The zero-order valence-corrected chi connectivity index (χ0v) is 22.6. The molecule has 0 N–H and O–H groups in total. The van der Waals surface area contributed by atoms with Crippen LogP contribution in [0.3, 0.4) is 0 Å².